The van der Waals surface area contributed by atoms with Crippen LogP contribution in [0.15, 0.2) is 12.4 Å². The standard InChI is InChI=1S/C9H14N4/c1-2-6-3-7(6)13-9-4-8(10)11-5-12-9/h4-7H,2-3H2,1H3,(H3,10,11,12,13). The zero-order valence-electron chi connectivity index (χ0n) is 7.70. The Morgan fingerprint density at radius 1 is 1.62 bits per heavy atom. The van der Waals surface area contributed by atoms with Crippen LogP contribution in [0, 0.1) is 5.92 Å². The Morgan fingerprint density at radius 2 is 2.46 bits per heavy atom. The fourth-order valence-corrected chi connectivity index (χ4v) is 1.52. The third kappa shape index (κ3) is 1.88. The average molecular weight is 178 g/mol. The number of nitrogens with two attached hydrogens (primary N) is 1. The van der Waals surface area contributed by atoms with Gasteiger partial charge in [-0.1, -0.05) is 13.3 Å². The predicted octanol–water partition coefficient (Wildman–Crippen LogP) is 1.27. The van der Waals surface area contributed by atoms with E-state index in [1.807, 2.05) is 0 Å². The summed E-state index contributed by atoms with van der Waals surface area (Å²) in [6.07, 6.45) is 3.97. The van der Waals surface area contributed by atoms with Gasteiger partial charge >= 0.3 is 0 Å². The molecule has 1 saturated carbocycles. The first-order chi connectivity index (χ1) is 6.29. The number of aromatic nitrogens is 2. The fourth-order valence-electron chi connectivity index (χ4n) is 1.52. The molecule has 1 aliphatic rings. The molecular weight excluding hydrogens is 164 g/mol. The number of nitrogens with one attached hydrogen (secondary N) is 1. The lowest BCUT2D eigenvalue weighted by Gasteiger charge is -2.03. The quantitative estimate of drug-likeness (QED) is 0.731. The first-order valence-electron chi connectivity index (χ1n) is 4.63. The highest BCUT2D eigenvalue weighted by atomic mass is 15.1. The van der Waals surface area contributed by atoms with Crippen molar-refractivity contribution in [3.8, 4) is 0 Å². The van der Waals surface area contributed by atoms with Gasteiger partial charge in [0.05, 0.1) is 0 Å². The lowest BCUT2D eigenvalue weighted by molar-refractivity contribution is 0.773. The summed E-state index contributed by atoms with van der Waals surface area (Å²) in [7, 11) is 0. The maximum atomic E-state index is 5.53. The minimum atomic E-state index is 0.520. The zero-order valence-corrected chi connectivity index (χ0v) is 7.70. The van der Waals surface area contributed by atoms with Gasteiger partial charge < -0.3 is 11.1 Å². The third-order valence-corrected chi connectivity index (χ3v) is 2.47. The number of rotatable bonds is 3. The third-order valence-electron chi connectivity index (χ3n) is 2.47. The molecule has 70 valence electrons. The molecule has 0 bridgehead atoms. The molecule has 2 unspecified atom stereocenters. The van der Waals surface area contributed by atoms with Crippen LogP contribution in [0.1, 0.15) is 19.8 Å². The van der Waals surface area contributed by atoms with Gasteiger partial charge in [0, 0.05) is 12.1 Å². The summed E-state index contributed by atoms with van der Waals surface area (Å²) >= 11 is 0. The van der Waals surface area contributed by atoms with Crippen LogP contribution in [-0.4, -0.2) is 16.0 Å². The van der Waals surface area contributed by atoms with E-state index >= 15 is 0 Å². The number of nitrogens with zero attached hydrogens (tertiary/aromatic N) is 2. The van der Waals surface area contributed by atoms with E-state index in [1.165, 1.54) is 19.2 Å². The van der Waals surface area contributed by atoms with Gasteiger partial charge in [-0.25, -0.2) is 9.97 Å². The molecule has 1 fully saturated rings. The highest BCUT2D eigenvalue weighted by molar-refractivity contribution is 5.45. The zero-order chi connectivity index (χ0) is 9.26. The van der Waals surface area contributed by atoms with E-state index < -0.39 is 0 Å². The van der Waals surface area contributed by atoms with Crippen molar-refractivity contribution in [3.63, 3.8) is 0 Å². The Bertz CT molecular complexity index is 299. The maximum Gasteiger partial charge on any atom is 0.131 e. The molecule has 0 radical (unpaired) electrons. The van der Waals surface area contributed by atoms with Crippen molar-refractivity contribution >= 4 is 11.6 Å². The second-order valence-electron chi connectivity index (χ2n) is 3.48. The molecule has 0 amide bonds. The highest BCUT2D eigenvalue weighted by Crippen LogP contribution is 2.35. The van der Waals surface area contributed by atoms with E-state index in [2.05, 4.69) is 22.2 Å². The summed E-state index contributed by atoms with van der Waals surface area (Å²) in [4.78, 5) is 7.92. The number of hydrogen-bond acceptors (Lipinski definition) is 4. The number of nitrogen functional groups attached to an aromatic ring is 1. The fraction of sp³-hybridized carbons (Fsp3) is 0.556. The van der Waals surface area contributed by atoms with Crippen molar-refractivity contribution in [2.45, 2.75) is 25.8 Å². The van der Waals surface area contributed by atoms with E-state index in [4.69, 9.17) is 5.73 Å². The summed E-state index contributed by atoms with van der Waals surface area (Å²) in [5.41, 5.74) is 5.53. The van der Waals surface area contributed by atoms with Crippen LogP contribution in [-0.2, 0) is 0 Å². The molecule has 3 N–H and O–H groups in total. The number of anilines is 2. The molecule has 0 saturated heterocycles. The Kier molecular flexibility index (Phi) is 2.04. The predicted molar refractivity (Wildman–Crippen MR) is 52.3 cm³/mol. The Hall–Kier alpha value is -1.32. The Morgan fingerprint density at radius 3 is 3.08 bits per heavy atom. The molecule has 13 heavy (non-hydrogen) atoms. The molecule has 0 aromatic carbocycles. The molecule has 4 heteroatoms. The van der Waals surface area contributed by atoms with Crippen LogP contribution in [0.5, 0.6) is 0 Å². The lowest BCUT2D eigenvalue weighted by atomic mass is 10.3. The monoisotopic (exact) mass is 178 g/mol. The highest BCUT2D eigenvalue weighted by Gasteiger charge is 2.35. The summed E-state index contributed by atoms with van der Waals surface area (Å²) in [5, 5.41) is 3.33. The van der Waals surface area contributed by atoms with Gasteiger partial charge in [-0.3, -0.25) is 0 Å². The van der Waals surface area contributed by atoms with Crippen molar-refractivity contribution < 1.29 is 0 Å². The molecule has 1 heterocycles. The van der Waals surface area contributed by atoms with Crippen molar-refractivity contribution in [1.29, 1.82) is 0 Å². The van der Waals surface area contributed by atoms with Crippen molar-refractivity contribution in [1.82, 2.24) is 9.97 Å². The topological polar surface area (TPSA) is 63.8 Å². The SMILES string of the molecule is CCC1CC1Nc1cc(N)ncn1. The normalized spacial score (nSPS) is 25.6. The summed E-state index contributed by atoms with van der Waals surface area (Å²) in [5.74, 6) is 2.18. The Balaban J connectivity index is 1.95. The van der Waals surface area contributed by atoms with E-state index in [-0.39, 0.29) is 0 Å². The number of hydrogen-bond donors (Lipinski definition) is 2. The van der Waals surface area contributed by atoms with Crippen molar-refractivity contribution in [3.05, 3.63) is 12.4 Å². The van der Waals surface area contributed by atoms with Gasteiger partial charge in [-0.05, 0) is 12.3 Å². The molecule has 4 nitrogen and oxygen atoms in total. The average Bonchev–Trinajstić information content (AvgIpc) is 2.83. The molecule has 2 atom stereocenters. The van der Waals surface area contributed by atoms with E-state index in [9.17, 15) is 0 Å². The smallest absolute Gasteiger partial charge is 0.131 e. The maximum absolute atomic E-state index is 5.53. The van der Waals surface area contributed by atoms with E-state index in [0.717, 1.165) is 11.7 Å². The molecule has 2 rings (SSSR count). The second-order valence-corrected chi connectivity index (χ2v) is 3.48. The van der Waals surface area contributed by atoms with Gasteiger partial charge in [0.2, 0.25) is 0 Å². The first-order valence-corrected chi connectivity index (χ1v) is 4.63. The Labute approximate surface area is 77.6 Å². The molecule has 0 aliphatic heterocycles. The van der Waals surface area contributed by atoms with E-state index in [0.29, 0.717) is 11.9 Å². The second kappa shape index (κ2) is 3.20. The van der Waals surface area contributed by atoms with Crippen LogP contribution in [0.25, 0.3) is 0 Å². The molecular formula is C9H14N4. The largest absolute Gasteiger partial charge is 0.384 e. The molecule has 0 spiro atoms. The summed E-state index contributed by atoms with van der Waals surface area (Å²) in [6.45, 7) is 2.21. The first kappa shape index (κ1) is 8.29. The van der Waals surface area contributed by atoms with E-state index in [1.54, 1.807) is 6.07 Å². The molecule has 1 aliphatic carbocycles. The lowest BCUT2D eigenvalue weighted by Crippen LogP contribution is -2.06. The van der Waals surface area contributed by atoms with Crippen LogP contribution < -0.4 is 11.1 Å². The van der Waals surface area contributed by atoms with Crippen molar-refractivity contribution in [2.75, 3.05) is 11.1 Å². The van der Waals surface area contributed by atoms with Crippen LogP contribution in [0.3, 0.4) is 0 Å². The molecule has 1 aromatic rings. The molecule has 1 aromatic heterocycles. The summed E-state index contributed by atoms with van der Waals surface area (Å²) < 4.78 is 0. The van der Waals surface area contributed by atoms with Crippen LogP contribution in [0.4, 0.5) is 11.6 Å². The van der Waals surface area contributed by atoms with Gasteiger partial charge in [-0.2, -0.15) is 0 Å². The van der Waals surface area contributed by atoms with Crippen molar-refractivity contribution in [2.24, 2.45) is 5.92 Å². The van der Waals surface area contributed by atoms with Crippen LogP contribution >= 0.6 is 0 Å². The minimum absolute atomic E-state index is 0.520. The van der Waals surface area contributed by atoms with Gasteiger partial charge in [0.1, 0.15) is 18.0 Å². The van der Waals surface area contributed by atoms with Gasteiger partial charge in [-0.15, -0.1) is 0 Å². The van der Waals surface area contributed by atoms with Gasteiger partial charge in [0.15, 0.2) is 0 Å². The van der Waals surface area contributed by atoms with Gasteiger partial charge in [0.25, 0.3) is 0 Å². The minimum Gasteiger partial charge on any atom is -0.384 e. The van der Waals surface area contributed by atoms with Crippen LogP contribution in [0.2, 0.25) is 0 Å². The summed E-state index contributed by atoms with van der Waals surface area (Å²) in [6, 6.07) is 2.37.